The predicted octanol–water partition coefficient (Wildman–Crippen LogP) is 4.42. The lowest BCUT2D eigenvalue weighted by molar-refractivity contribution is -0.135. The molecular weight excluding hydrogens is 388 g/mol. The SMILES string of the molecule is Cc1nccn1Cc1ccccc1NC(=O)[C@@]1(C)CC(c2ccccc2Cl)=NO1. The smallest absolute Gasteiger partial charge is 0.271 e. The molecule has 0 aliphatic carbocycles. The molecule has 1 atom stereocenters. The fourth-order valence-electron chi connectivity index (χ4n) is 3.29. The topological polar surface area (TPSA) is 68.5 Å². The van der Waals surface area contributed by atoms with Crippen molar-refractivity contribution in [2.45, 2.75) is 32.4 Å². The van der Waals surface area contributed by atoms with Gasteiger partial charge in [0.1, 0.15) is 5.82 Å². The van der Waals surface area contributed by atoms with Crippen LogP contribution in [0.4, 0.5) is 5.69 Å². The van der Waals surface area contributed by atoms with Gasteiger partial charge in [0.05, 0.1) is 12.3 Å². The molecule has 2 heterocycles. The summed E-state index contributed by atoms with van der Waals surface area (Å²) >= 11 is 6.26. The third-order valence-electron chi connectivity index (χ3n) is 5.06. The molecule has 0 saturated carbocycles. The second-order valence-electron chi connectivity index (χ2n) is 7.23. The van der Waals surface area contributed by atoms with E-state index in [4.69, 9.17) is 16.4 Å². The maximum Gasteiger partial charge on any atom is 0.271 e. The summed E-state index contributed by atoms with van der Waals surface area (Å²) in [6.07, 6.45) is 4.02. The Kier molecular flexibility index (Phi) is 5.11. The molecule has 1 aliphatic rings. The first-order valence-electron chi connectivity index (χ1n) is 9.33. The van der Waals surface area contributed by atoms with Crippen molar-refractivity contribution >= 4 is 28.9 Å². The summed E-state index contributed by atoms with van der Waals surface area (Å²) in [5, 5.41) is 7.73. The van der Waals surface area contributed by atoms with Gasteiger partial charge in [0, 0.05) is 35.1 Å². The van der Waals surface area contributed by atoms with E-state index in [0.29, 0.717) is 23.7 Å². The number of hydrogen-bond acceptors (Lipinski definition) is 4. The van der Waals surface area contributed by atoms with E-state index in [1.165, 1.54) is 0 Å². The Labute approximate surface area is 174 Å². The van der Waals surface area contributed by atoms with Crippen molar-refractivity contribution in [3.8, 4) is 0 Å². The molecular formula is C22H21ClN4O2. The summed E-state index contributed by atoms with van der Waals surface area (Å²) in [6.45, 7) is 4.29. The number of benzene rings is 2. The quantitative estimate of drug-likeness (QED) is 0.679. The van der Waals surface area contributed by atoms with Crippen molar-refractivity contribution in [3.63, 3.8) is 0 Å². The van der Waals surface area contributed by atoms with Crippen molar-refractivity contribution in [1.82, 2.24) is 9.55 Å². The number of aryl methyl sites for hydroxylation is 1. The fourth-order valence-corrected chi connectivity index (χ4v) is 3.54. The number of amides is 1. The lowest BCUT2D eigenvalue weighted by Gasteiger charge is -2.21. The van der Waals surface area contributed by atoms with E-state index in [-0.39, 0.29) is 5.91 Å². The number of anilines is 1. The highest BCUT2D eigenvalue weighted by Gasteiger charge is 2.42. The minimum absolute atomic E-state index is 0.252. The Balaban J connectivity index is 1.51. The van der Waals surface area contributed by atoms with Crippen molar-refractivity contribution in [3.05, 3.63) is 82.9 Å². The Morgan fingerprint density at radius 1 is 1.24 bits per heavy atom. The summed E-state index contributed by atoms with van der Waals surface area (Å²) in [7, 11) is 0. The molecule has 148 valence electrons. The molecule has 1 amide bonds. The van der Waals surface area contributed by atoms with Gasteiger partial charge in [-0.25, -0.2) is 4.98 Å². The number of carbonyl (C=O) groups excluding carboxylic acids is 1. The zero-order valence-corrected chi connectivity index (χ0v) is 17.0. The van der Waals surface area contributed by atoms with Crippen LogP contribution in [0.3, 0.4) is 0 Å². The number of rotatable bonds is 5. The van der Waals surface area contributed by atoms with Crippen molar-refractivity contribution in [1.29, 1.82) is 0 Å². The van der Waals surface area contributed by atoms with E-state index in [1.54, 1.807) is 19.2 Å². The Morgan fingerprint density at radius 3 is 2.76 bits per heavy atom. The number of imidazole rings is 1. The van der Waals surface area contributed by atoms with E-state index in [1.807, 2.05) is 60.2 Å². The van der Waals surface area contributed by atoms with Crippen LogP contribution in [0.25, 0.3) is 0 Å². The summed E-state index contributed by atoms with van der Waals surface area (Å²) in [5.74, 6) is 0.660. The Hall–Kier alpha value is -3.12. The van der Waals surface area contributed by atoms with Gasteiger partial charge in [-0.1, -0.05) is 53.2 Å². The van der Waals surface area contributed by atoms with Gasteiger partial charge in [-0.2, -0.15) is 0 Å². The number of para-hydroxylation sites is 1. The van der Waals surface area contributed by atoms with Gasteiger partial charge in [0.2, 0.25) is 5.60 Å². The minimum atomic E-state index is -1.10. The number of nitrogens with one attached hydrogen (secondary N) is 1. The highest BCUT2D eigenvalue weighted by molar-refractivity contribution is 6.34. The third kappa shape index (κ3) is 3.89. The first-order chi connectivity index (χ1) is 14.0. The second kappa shape index (κ2) is 7.72. The standard InChI is InChI=1S/C22H21ClN4O2/c1-15-24-11-12-27(15)14-16-7-3-6-10-19(16)25-21(28)22(2)13-20(26-29-22)17-8-4-5-9-18(17)23/h3-12H,13-14H2,1-2H3,(H,25,28)/t22-/m1/s1. The first-order valence-corrected chi connectivity index (χ1v) is 9.71. The molecule has 1 N–H and O–H groups in total. The normalized spacial score (nSPS) is 18.2. The van der Waals surface area contributed by atoms with Gasteiger partial charge >= 0.3 is 0 Å². The zero-order chi connectivity index (χ0) is 20.4. The van der Waals surface area contributed by atoms with Crippen molar-refractivity contribution in [2.24, 2.45) is 5.16 Å². The Morgan fingerprint density at radius 2 is 2.00 bits per heavy atom. The molecule has 29 heavy (non-hydrogen) atoms. The second-order valence-corrected chi connectivity index (χ2v) is 7.64. The van der Waals surface area contributed by atoms with Crippen molar-refractivity contribution in [2.75, 3.05) is 5.32 Å². The monoisotopic (exact) mass is 408 g/mol. The highest BCUT2D eigenvalue weighted by atomic mass is 35.5. The number of halogens is 1. The summed E-state index contributed by atoms with van der Waals surface area (Å²) in [6, 6.07) is 15.1. The molecule has 0 radical (unpaired) electrons. The molecule has 0 unspecified atom stereocenters. The van der Waals surface area contributed by atoms with Crippen LogP contribution in [-0.2, 0) is 16.2 Å². The predicted molar refractivity (Wildman–Crippen MR) is 113 cm³/mol. The van der Waals surface area contributed by atoms with Crippen molar-refractivity contribution < 1.29 is 9.63 Å². The zero-order valence-electron chi connectivity index (χ0n) is 16.2. The maximum atomic E-state index is 13.1. The number of aromatic nitrogens is 2. The molecule has 3 aromatic rings. The molecule has 6 nitrogen and oxygen atoms in total. The lowest BCUT2D eigenvalue weighted by Crippen LogP contribution is -2.40. The molecule has 0 bridgehead atoms. The molecule has 0 fully saturated rings. The molecule has 4 rings (SSSR count). The molecule has 0 spiro atoms. The van der Waals surface area contributed by atoms with Gasteiger partial charge in [0.15, 0.2) is 0 Å². The molecule has 1 aliphatic heterocycles. The van der Waals surface area contributed by atoms with Crippen LogP contribution in [0.15, 0.2) is 66.1 Å². The lowest BCUT2D eigenvalue weighted by atomic mass is 9.95. The van der Waals surface area contributed by atoms with E-state index < -0.39 is 5.60 Å². The first kappa shape index (κ1) is 19.2. The van der Waals surface area contributed by atoms with E-state index >= 15 is 0 Å². The number of hydrogen-bond donors (Lipinski definition) is 1. The van der Waals surface area contributed by atoms with Gasteiger partial charge in [-0.05, 0) is 31.5 Å². The van der Waals surface area contributed by atoms with Gasteiger partial charge in [-0.3, -0.25) is 4.79 Å². The minimum Gasteiger partial charge on any atom is -0.379 e. The fraction of sp³-hybridized carbons (Fsp3) is 0.227. The van der Waals surface area contributed by atoms with Crippen LogP contribution in [0.1, 0.15) is 30.3 Å². The summed E-state index contributed by atoms with van der Waals surface area (Å²) in [5.41, 5.74) is 2.06. The van der Waals surface area contributed by atoms with Crippen LogP contribution in [0.5, 0.6) is 0 Å². The van der Waals surface area contributed by atoms with Gasteiger partial charge < -0.3 is 14.7 Å². The van der Waals surface area contributed by atoms with E-state index in [2.05, 4.69) is 15.5 Å². The largest absolute Gasteiger partial charge is 0.379 e. The van der Waals surface area contributed by atoms with Crippen LogP contribution in [0.2, 0.25) is 5.02 Å². The molecule has 2 aromatic carbocycles. The van der Waals surface area contributed by atoms with E-state index in [9.17, 15) is 4.79 Å². The number of oxime groups is 1. The van der Waals surface area contributed by atoms with Crippen LogP contribution in [-0.4, -0.2) is 26.8 Å². The van der Waals surface area contributed by atoms with Crippen LogP contribution < -0.4 is 5.32 Å². The average Bonchev–Trinajstić information content (AvgIpc) is 3.30. The van der Waals surface area contributed by atoms with Crippen LogP contribution >= 0.6 is 11.6 Å². The average molecular weight is 409 g/mol. The maximum absolute atomic E-state index is 13.1. The van der Waals surface area contributed by atoms with Gasteiger partial charge in [-0.15, -0.1) is 0 Å². The van der Waals surface area contributed by atoms with Crippen LogP contribution in [0, 0.1) is 6.92 Å². The molecule has 7 heteroatoms. The summed E-state index contributed by atoms with van der Waals surface area (Å²) in [4.78, 5) is 22.9. The number of carbonyl (C=O) groups is 1. The third-order valence-corrected chi connectivity index (χ3v) is 5.39. The number of nitrogens with zero attached hydrogens (tertiary/aromatic N) is 3. The van der Waals surface area contributed by atoms with E-state index in [0.717, 1.165) is 22.6 Å². The molecule has 1 aromatic heterocycles. The summed E-state index contributed by atoms with van der Waals surface area (Å²) < 4.78 is 2.03. The molecule has 0 saturated heterocycles. The highest BCUT2D eigenvalue weighted by Crippen LogP contribution is 2.31. The van der Waals surface area contributed by atoms with Gasteiger partial charge in [0.25, 0.3) is 5.91 Å². The Bertz CT molecular complexity index is 1090.